The maximum atomic E-state index is 12.7. The molecule has 5 rings (SSSR count). The minimum atomic E-state index is -0.0507. The normalized spacial score (nSPS) is 35.8. The van der Waals surface area contributed by atoms with Crippen molar-refractivity contribution in [1.82, 2.24) is 15.4 Å². The van der Waals surface area contributed by atoms with Crippen LogP contribution in [0.5, 0.6) is 0 Å². The summed E-state index contributed by atoms with van der Waals surface area (Å²) >= 11 is 0. The maximum Gasteiger partial charge on any atom is 0.256 e. The molecule has 4 fully saturated rings. The number of aromatic nitrogens is 1. The van der Waals surface area contributed by atoms with Crippen molar-refractivity contribution >= 4 is 5.91 Å². The first-order valence-corrected chi connectivity index (χ1v) is 10.2. The molecule has 1 N–H and O–H groups in total. The molecule has 1 saturated carbocycles. The molecule has 6 nitrogen and oxygen atoms in total. The number of fused-ring (bicyclic) bond motifs is 1. The van der Waals surface area contributed by atoms with E-state index in [-0.39, 0.29) is 11.5 Å². The van der Waals surface area contributed by atoms with Crippen LogP contribution in [0.25, 0.3) is 0 Å². The van der Waals surface area contributed by atoms with E-state index in [9.17, 15) is 4.79 Å². The predicted molar refractivity (Wildman–Crippen MR) is 95.9 cm³/mol. The van der Waals surface area contributed by atoms with Crippen LogP contribution in [0.3, 0.4) is 0 Å². The van der Waals surface area contributed by atoms with E-state index in [0.29, 0.717) is 42.2 Å². The molecule has 1 aromatic heterocycles. The van der Waals surface area contributed by atoms with Crippen molar-refractivity contribution in [2.24, 2.45) is 17.8 Å². The highest BCUT2D eigenvalue weighted by atomic mass is 16.5. The third-order valence-electron chi connectivity index (χ3n) is 7.06. The molecule has 0 radical (unpaired) electrons. The summed E-state index contributed by atoms with van der Waals surface area (Å²) < 4.78 is 11.7. The zero-order valence-electron chi connectivity index (χ0n) is 15.8. The summed E-state index contributed by atoms with van der Waals surface area (Å²) in [6.07, 6.45) is 6.15. The van der Waals surface area contributed by atoms with Gasteiger partial charge in [-0.1, -0.05) is 12.1 Å². The lowest BCUT2D eigenvalue weighted by Gasteiger charge is -2.29. The second-order valence-electron chi connectivity index (χ2n) is 8.79. The number of amides is 1. The lowest BCUT2D eigenvalue weighted by molar-refractivity contribution is 0.00244. The van der Waals surface area contributed by atoms with Crippen LogP contribution in [0.15, 0.2) is 4.52 Å². The van der Waals surface area contributed by atoms with Crippen LogP contribution < -0.4 is 5.32 Å². The standard InChI is InChI=1S/C20H29N3O3/c1-3-16-18(12(2)26-22-16)19(24)21-8-14-15-10-23(9-13-4-5-13)11-20(15)7-6-17(14)25-20/h13-15,17H,3-11H2,1-2H3,(H,21,24)/t14-,15+,17+,20+/m0/s1. The molecular weight excluding hydrogens is 330 g/mol. The van der Waals surface area contributed by atoms with Crippen molar-refractivity contribution in [2.75, 3.05) is 26.2 Å². The van der Waals surface area contributed by atoms with E-state index in [1.165, 1.54) is 25.8 Å². The quantitative estimate of drug-likeness (QED) is 0.843. The fourth-order valence-electron chi connectivity index (χ4n) is 5.61. The Bertz CT molecular complexity index is 713. The van der Waals surface area contributed by atoms with Crippen LogP contribution in [-0.2, 0) is 11.2 Å². The van der Waals surface area contributed by atoms with Crippen LogP contribution in [0, 0.1) is 24.7 Å². The van der Waals surface area contributed by atoms with Gasteiger partial charge < -0.3 is 14.6 Å². The predicted octanol–water partition coefficient (Wildman–Crippen LogP) is 2.16. The number of hydrogen-bond acceptors (Lipinski definition) is 5. The van der Waals surface area contributed by atoms with Crippen molar-refractivity contribution in [2.45, 2.75) is 57.7 Å². The molecule has 0 unspecified atom stereocenters. The van der Waals surface area contributed by atoms with Gasteiger partial charge in [0, 0.05) is 38.0 Å². The number of ether oxygens (including phenoxy) is 1. The molecule has 26 heavy (non-hydrogen) atoms. The van der Waals surface area contributed by atoms with Gasteiger partial charge in [-0.15, -0.1) is 0 Å². The van der Waals surface area contributed by atoms with Crippen molar-refractivity contribution in [3.05, 3.63) is 17.0 Å². The van der Waals surface area contributed by atoms with Gasteiger partial charge in [-0.25, -0.2) is 0 Å². The van der Waals surface area contributed by atoms with E-state index >= 15 is 0 Å². The smallest absolute Gasteiger partial charge is 0.256 e. The third-order valence-corrected chi connectivity index (χ3v) is 7.06. The van der Waals surface area contributed by atoms with Crippen LogP contribution in [0.2, 0.25) is 0 Å². The van der Waals surface area contributed by atoms with Gasteiger partial charge in [0.05, 0.1) is 17.4 Å². The zero-order valence-corrected chi connectivity index (χ0v) is 15.8. The summed E-state index contributed by atoms with van der Waals surface area (Å²) in [6, 6.07) is 0. The molecule has 3 saturated heterocycles. The fraction of sp³-hybridized carbons (Fsp3) is 0.800. The van der Waals surface area contributed by atoms with Gasteiger partial charge >= 0.3 is 0 Å². The number of carbonyl (C=O) groups excluding carboxylic acids is 1. The Morgan fingerprint density at radius 3 is 3.00 bits per heavy atom. The molecule has 1 spiro atoms. The molecule has 1 aliphatic carbocycles. The lowest BCUT2D eigenvalue weighted by Crippen LogP contribution is -2.42. The molecule has 142 valence electrons. The summed E-state index contributed by atoms with van der Waals surface area (Å²) in [5.74, 6) is 2.48. The SMILES string of the molecule is CCc1noc(C)c1C(=O)NC[C@H]1[C@H]2CN(CC3CC3)C[C@]23CC[C@H]1O3. The minimum Gasteiger partial charge on any atom is -0.370 e. The Kier molecular flexibility index (Phi) is 3.90. The number of aryl methyl sites for hydroxylation is 2. The summed E-state index contributed by atoms with van der Waals surface area (Å²) in [4.78, 5) is 15.3. The Morgan fingerprint density at radius 1 is 1.38 bits per heavy atom. The first kappa shape index (κ1) is 16.8. The second-order valence-corrected chi connectivity index (χ2v) is 8.79. The van der Waals surface area contributed by atoms with Gasteiger partial charge in [-0.2, -0.15) is 0 Å². The Labute approximate surface area is 154 Å². The van der Waals surface area contributed by atoms with Gasteiger partial charge in [0.2, 0.25) is 0 Å². The number of likely N-dealkylation sites (tertiary alicyclic amines) is 1. The van der Waals surface area contributed by atoms with Crippen molar-refractivity contribution in [3.8, 4) is 0 Å². The van der Waals surface area contributed by atoms with Crippen molar-refractivity contribution in [3.63, 3.8) is 0 Å². The zero-order chi connectivity index (χ0) is 17.9. The van der Waals surface area contributed by atoms with Crippen molar-refractivity contribution in [1.29, 1.82) is 0 Å². The summed E-state index contributed by atoms with van der Waals surface area (Å²) in [7, 11) is 0. The fourth-order valence-corrected chi connectivity index (χ4v) is 5.61. The first-order chi connectivity index (χ1) is 12.6. The molecular formula is C20H29N3O3. The van der Waals surface area contributed by atoms with E-state index < -0.39 is 0 Å². The van der Waals surface area contributed by atoms with Gasteiger partial charge in [0.1, 0.15) is 11.3 Å². The van der Waals surface area contributed by atoms with Crippen LogP contribution >= 0.6 is 0 Å². The topological polar surface area (TPSA) is 67.6 Å². The molecule has 4 atom stereocenters. The highest BCUT2D eigenvalue weighted by Crippen LogP contribution is 2.55. The van der Waals surface area contributed by atoms with Gasteiger partial charge in [-0.05, 0) is 44.9 Å². The molecule has 1 aromatic rings. The lowest BCUT2D eigenvalue weighted by atomic mass is 9.73. The summed E-state index contributed by atoms with van der Waals surface area (Å²) in [6.45, 7) is 7.98. The Balaban J connectivity index is 1.26. The monoisotopic (exact) mass is 359 g/mol. The van der Waals surface area contributed by atoms with E-state index in [2.05, 4.69) is 15.4 Å². The molecule has 1 amide bonds. The van der Waals surface area contributed by atoms with Gasteiger partial charge in [0.15, 0.2) is 0 Å². The number of hydrogen-bond donors (Lipinski definition) is 1. The number of nitrogens with zero attached hydrogens (tertiary/aromatic N) is 2. The van der Waals surface area contributed by atoms with E-state index in [0.717, 1.165) is 31.1 Å². The van der Waals surface area contributed by atoms with Gasteiger partial charge in [0.25, 0.3) is 5.91 Å². The molecule has 2 bridgehead atoms. The highest BCUT2D eigenvalue weighted by molar-refractivity contribution is 5.96. The summed E-state index contributed by atoms with van der Waals surface area (Å²) in [5, 5.41) is 7.17. The second kappa shape index (κ2) is 6.06. The van der Waals surface area contributed by atoms with Crippen LogP contribution in [-0.4, -0.2) is 53.8 Å². The summed E-state index contributed by atoms with van der Waals surface area (Å²) in [5.41, 5.74) is 1.43. The molecule has 4 aliphatic rings. The molecule has 0 aromatic carbocycles. The van der Waals surface area contributed by atoms with E-state index in [4.69, 9.17) is 9.26 Å². The number of nitrogens with one attached hydrogen (secondary N) is 1. The van der Waals surface area contributed by atoms with Crippen LogP contribution in [0.4, 0.5) is 0 Å². The Morgan fingerprint density at radius 2 is 2.23 bits per heavy atom. The Hall–Kier alpha value is -1.40. The number of carbonyl (C=O) groups is 1. The molecule has 4 heterocycles. The average Bonchev–Trinajstić information content (AvgIpc) is 2.97. The van der Waals surface area contributed by atoms with Gasteiger partial charge in [-0.3, -0.25) is 9.69 Å². The minimum absolute atomic E-state index is 0.0507. The van der Waals surface area contributed by atoms with E-state index in [1.807, 2.05) is 13.8 Å². The largest absolute Gasteiger partial charge is 0.370 e. The van der Waals surface area contributed by atoms with Crippen molar-refractivity contribution < 1.29 is 14.1 Å². The van der Waals surface area contributed by atoms with E-state index in [1.54, 1.807) is 0 Å². The molecule has 6 heteroatoms. The number of rotatable bonds is 6. The third kappa shape index (κ3) is 2.61. The average molecular weight is 359 g/mol. The highest BCUT2D eigenvalue weighted by Gasteiger charge is 2.62. The van der Waals surface area contributed by atoms with Crippen LogP contribution in [0.1, 0.15) is 54.4 Å². The maximum absolute atomic E-state index is 12.7. The molecule has 3 aliphatic heterocycles. The first-order valence-electron chi connectivity index (χ1n) is 10.2.